The summed E-state index contributed by atoms with van der Waals surface area (Å²) in [5, 5.41) is 0. The highest BCUT2D eigenvalue weighted by Crippen LogP contribution is 2.05. The maximum atomic E-state index is 10.3. The van der Waals surface area contributed by atoms with E-state index in [9.17, 15) is 17.2 Å². The second kappa shape index (κ2) is 4.90. The molecule has 74 valence electrons. The summed E-state index contributed by atoms with van der Waals surface area (Å²) in [7, 11) is -3.97. The fraction of sp³-hybridized carbons (Fsp3) is 1.00. The molecular formula is C5H11O5S2-. The lowest BCUT2D eigenvalue weighted by Crippen LogP contribution is -2.14. The number of hydrogen-bond acceptors (Lipinski definition) is 4. The minimum atomic E-state index is -3.97. The summed E-state index contributed by atoms with van der Waals surface area (Å²) >= 11 is -2.14. The molecule has 0 fully saturated rings. The molecule has 0 amide bonds. The molecule has 2 unspecified atom stereocenters. The summed E-state index contributed by atoms with van der Waals surface area (Å²) < 4.78 is 49.1. The SMILES string of the molecule is CC(CCS(=O)[O-])CS(=O)(=O)O. The fourth-order valence-corrected chi connectivity index (χ4v) is 2.22. The lowest BCUT2D eigenvalue weighted by molar-refractivity contribution is 0.465. The molecule has 5 nitrogen and oxygen atoms in total. The van der Waals surface area contributed by atoms with E-state index in [4.69, 9.17) is 4.55 Å². The molecule has 0 aliphatic carbocycles. The van der Waals surface area contributed by atoms with Crippen molar-refractivity contribution in [1.82, 2.24) is 0 Å². The first kappa shape index (κ1) is 12.0. The Morgan fingerprint density at radius 1 is 1.58 bits per heavy atom. The molecule has 0 saturated carbocycles. The van der Waals surface area contributed by atoms with Crippen LogP contribution in [0.5, 0.6) is 0 Å². The van der Waals surface area contributed by atoms with Gasteiger partial charge < -0.3 is 4.55 Å². The summed E-state index contributed by atoms with van der Waals surface area (Å²) in [5.41, 5.74) is 0. The van der Waals surface area contributed by atoms with Crippen LogP contribution in [-0.2, 0) is 21.2 Å². The van der Waals surface area contributed by atoms with Gasteiger partial charge in [-0.05, 0) is 12.3 Å². The van der Waals surface area contributed by atoms with Gasteiger partial charge in [-0.25, -0.2) is 0 Å². The highest BCUT2D eigenvalue weighted by atomic mass is 32.2. The fourth-order valence-electron chi connectivity index (χ4n) is 0.740. The monoisotopic (exact) mass is 215 g/mol. The Morgan fingerprint density at radius 2 is 2.08 bits per heavy atom. The molecule has 1 N–H and O–H groups in total. The molecular weight excluding hydrogens is 204 g/mol. The zero-order valence-corrected chi connectivity index (χ0v) is 8.23. The van der Waals surface area contributed by atoms with Crippen molar-refractivity contribution >= 4 is 21.2 Å². The molecule has 7 heteroatoms. The van der Waals surface area contributed by atoms with Crippen molar-refractivity contribution in [2.75, 3.05) is 11.5 Å². The summed E-state index contributed by atoms with van der Waals surface area (Å²) in [6.07, 6.45) is 0.246. The van der Waals surface area contributed by atoms with Crippen LogP contribution in [0.4, 0.5) is 0 Å². The molecule has 0 radical (unpaired) electrons. The molecule has 0 aromatic carbocycles. The van der Waals surface area contributed by atoms with Gasteiger partial charge in [0.15, 0.2) is 0 Å². The van der Waals surface area contributed by atoms with Crippen LogP contribution in [0, 0.1) is 5.92 Å². The molecule has 0 aliphatic heterocycles. The van der Waals surface area contributed by atoms with E-state index in [2.05, 4.69) is 0 Å². The predicted octanol–water partition coefficient (Wildman–Crippen LogP) is -0.220. The van der Waals surface area contributed by atoms with E-state index in [1.165, 1.54) is 0 Å². The lowest BCUT2D eigenvalue weighted by atomic mass is 10.2. The van der Waals surface area contributed by atoms with E-state index in [1.54, 1.807) is 6.92 Å². The van der Waals surface area contributed by atoms with E-state index < -0.39 is 21.2 Å². The van der Waals surface area contributed by atoms with Crippen molar-refractivity contribution in [1.29, 1.82) is 0 Å². The maximum absolute atomic E-state index is 10.3. The Kier molecular flexibility index (Phi) is 4.91. The van der Waals surface area contributed by atoms with Gasteiger partial charge in [-0.15, -0.1) is 0 Å². The van der Waals surface area contributed by atoms with Crippen molar-refractivity contribution in [2.24, 2.45) is 5.92 Å². The van der Waals surface area contributed by atoms with Crippen LogP contribution >= 0.6 is 0 Å². The van der Waals surface area contributed by atoms with E-state index in [0.717, 1.165) is 0 Å². The first-order chi connectivity index (χ1) is 5.31. The third-order valence-electron chi connectivity index (χ3n) is 1.27. The van der Waals surface area contributed by atoms with Gasteiger partial charge in [0.2, 0.25) is 0 Å². The standard InChI is InChI=1S/C5H12O5S2/c1-5(2-3-11(6)7)4-12(8,9)10/h5H,2-4H2,1H3,(H,6,7)(H,8,9,10)/p-1. The molecule has 0 aromatic heterocycles. The Bertz CT molecular complexity index is 245. The van der Waals surface area contributed by atoms with Crippen LogP contribution in [0.2, 0.25) is 0 Å². The highest BCUT2D eigenvalue weighted by Gasteiger charge is 2.11. The van der Waals surface area contributed by atoms with Crippen LogP contribution in [0.25, 0.3) is 0 Å². The van der Waals surface area contributed by atoms with Gasteiger partial charge in [0.05, 0.1) is 5.75 Å². The van der Waals surface area contributed by atoms with E-state index in [0.29, 0.717) is 0 Å². The topological polar surface area (TPSA) is 94.5 Å². The van der Waals surface area contributed by atoms with Crippen molar-refractivity contribution in [2.45, 2.75) is 13.3 Å². The van der Waals surface area contributed by atoms with Crippen molar-refractivity contribution in [3.63, 3.8) is 0 Å². The normalized spacial score (nSPS) is 17.2. The minimum Gasteiger partial charge on any atom is -0.772 e. The summed E-state index contributed by atoms with van der Waals surface area (Å²) in [5.74, 6) is -0.793. The largest absolute Gasteiger partial charge is 0.772 e. The molecule has 0 aromatic rings. The number of rotatable bonds is 5. The Balaban J connectivity index is 3.75. The van der Waals surface area contributed by atoms with E-state index in [1.807, 2.05) is 0 Å². The Labute approximate surface area is 74.2 Å². The van der Waals surface area contributed by atoms with Gasteiger partial charge in [0.25, 0.3) is 10.1 Å². The zero-order chi connectivity index (χ0) is 9.78. The minimum absolute atomic E-state index is 0.0727. The van der Waals surface area contributed by atoms with Gasteiger partial charge >= 0.3 is 0 Å². The van der Waals surface area contributed by atoms with E-state index in [-0.39, 0.29) is 23.8 Å². The van der Waals surface area contributed by atoms with Crippen molar-refractivity contribution < 1.29 is 21.7 Å². The molecule has 2 atom stereocenters. The van der Waals surface area contributed by atoms with Crippen LogP contribution in [0.3, 0.4) is 0 Å². The maximum Gasteiger partial charge on any atom is 0.265 e. The molecule has 0 saturated heterocycles. The third-order valence-corrected chi connectivity index (χ3v) is 2.83. The smallest absolute Gasteiger partial charge is 0.265 e. The van der Waals surface area contributed by atoms with Gasteiger partial charge in [-0.3, -0.25) is 8.76 Å². The van der Waals surface area contributed by atoms with Crippen molar-refractivity contribution in [3.8, 4) is 0 Å². The Hall–Kier alpha value is 0.0200. The van der Waals surface area contributed by atoms with Gasteiger partial charge in [0.1, 0.15) is 0 Å². The second-order valence-corrected chi connectivity index (χ2v) is 5.16. The first-order valence-corrected chi connectivity index (χ1v) is 6.17. The molecule has 12 heavy (non-hydrogen) atoms. The quantitative estimate of drug-likeness (QED) is 0.505. The predicted molar refractivity (Wildman–Crippen MR) is 44.0 cm³/mol. The summed E-state index contributed by atoms with van der Waals surface area (Å²) in [6, 6.07) is 0. The molecule has 0 aliphatic rings. The van der Waals surface area contributed by atoms with Crippen molar-refractivity contribution in [3.05, 3.63) is 0 Å². The number of hydrogen-bond donors (Lipinski definition) is 1. The molecule has 0 spiro atoms. The van der Waals surface area contributed by atoms with Gasteiger partial charge in [-0.1, -0.05) is 18.0 Å². The molecule has 0 heterocycles. The lowest BCUT2D eigenvalue weighted by Gasteiger charge is -2.10. The highest BCUT2D eigenvalue weighted by molar-refractivity contribution is 7.85. The average Bonchev–Trinajstić information content (AvgIpc) is 1.79. The van der Waals surface area contributed by atoms with Crippen LogP contribution in [0.1, 0.15) is 13.3 Å². The van der Waals surface area contributed by atoms with Crippen LogP contribution in [-0.4, -0.2) is 33.2 Å². The molecule has 0 bridgehead atoms. The third kappa shape index (κ3) is 8.12. The summed E-state index contributed by atoms with van der Waals surface area (Å²) in [6.45, 7) is 1.57. The van der Waals surface area contributed by atoms with Gasteiger partial charge in [-0.2, -0.15) is 8.42 Å². The van der Waals surface area contributed by atoms with E-state index >= 15 is 0 Å². The second-order valence-electron chi connectivity index (χ2n) is 2.65. The van der Waals surface area contributed by atoms with Crippen LogP contribution < -0.4 is 0 Å². The average molecular weight is 215 g/mol. The van der Waals surface area contributed by atoms with Gasteiger partial charge in [0, 0.05) is 5.75 Å². The first-order valence-electron chi connectivity index (χ1n) is 3.32. The Morgan fingerprint density at radius 3 is 2.42 bits per heavy atom. The summed E-state index contributed by atoms with van der Waals surface area (Å²) in [4.78, 5) is 0. The zero-order valence-electron chi connectivity index (χ0n) is 6.60. The van der Waals surface area contributed by atoms with Crippen LogP contribution in [0.15, 0.2) is 0 Å². The molecule has 0 rings (SSSR count).